The van der Waals surface area contributed by atoms with Crippen LogP contribution >= 0.6 is 0 Å². The smallest absolute Gasteiger partial charge is 0.390 e. The monoisotopic (exact) mass is 318 g/mol. The van der Waals surface area contributed by atoms with Crippen LogP contribution < -0.4 is 10.5 Å². The number of sulfonamides is 1. The van der Waals surface area contributed by atoms with Gasteiger partial charge in [-0.15, -0.1) is 0 Å². The van der Waals surface area contributed by atoms with Gasteiger partial charge < -0.3 is 5.73 Å². The maximum atomic E-state index is 13.4. The Hall–Kier alpha value is -1.42. The number of benzene rings is 1. The van der Waals surface area contributed by atoms with Crippen LogP contribution in [0.1, 0.15) is 13.3 Å². The van der Waals surface area contributed by atoms with Crippen LogP contribution in [-0.2, 0) is 10.0 Å². The van der Waals surface area contributed by atoms with Crippen molar-refractivity contribution in [1.82, 2.24) is 4.72 Å². The summed E-state index contributed by atoms with van der Waals surface area (Å²) in [5, 5.41) is 0. The summed E-state index contributed by atoms with van der Waals surface area (Å²) in [5.41, 5.74) is 4.48. The van der Waals surface area contributed by atoms with Crippen LogP contribution in [0.5, 0.6) is 0 Å². The van der Waals surface area contributed by atoms with E-state index >= 15 is 0 Å². The van der Waals surface area contributed by atoms with Gasteiger partial charge in [-0.1, -0.05) is 0 Å². The topological polar surface area (TPSA) is 72.2 Å². The molecule has 3 N–H and O–H groups in total. The third kappa shape index (κ3) is 4.30. The molecular weight excluding hydrogens is 307 g/mol. The van der Waals surface area contributed by atoms with E-state index in [1.807, 2.05) is 0 Å². The zero-order valence-electron chi connectivity index (χ0n) is 10.1. The zero-order chi connectivity index (χ0) is 15.7. The van der Waals surface area contributed by atoms with Crippen molar-refractivity contribution in [2.45, 2.75) is 30.5 Å². The normalized spacial score (nSPS) is 14.3. The molecular formula is C10H11F5N2O2S. The quantitative estimate of drug-likeness (QED) is 0.660. The fraction of sp³-hybridized carbons (Fsp3) is 0.400. The van der Waals surface area contributed by atoms with Crippen molar-refractivity contribution in [3.8, 4) is 0 Å². The standard InChI is InChI=1S/C10H11F5N2O2S/c1-5(4-10(13,14)15)17-20(18,19)9-3-8(16)6(11)2-7(9)12/h2-3,5,17H,4,16H2,1H3. The molecule has 1 atom stereocenters. The summed E-state index contributed by atoms with van der Waals surface area (Å²) in [6.45, 7) is 0.968. The summed E-state index contributed by atoms with van der Waals surface area (Å²) in [7, 11) is -4.57. The molecule has 0 radical (unpaired) electrons. The van der Waals surface area contributed by atoms with Gasteiger partial charge in [0.2, 0.25) is 10.0 Å². The molecule has 0 aliphatic rings. The minimum absolute atomic E-state index is 0.248. The second-order valence-corrected chi connectivity index (χ2v) is 5.83. The van der Waals surface area contributed by atoms with Gasteiger partial charge in [-0.3, -0.25) is 0 Å². The van der Waals surface area contributed by atoms with E-state index in [-0.39, 0.29) is 6.07 Å². The van der Waals surface area contributed by atoms with Gasteiger partial charge in [0.25, 0.3) is 0 Å². The van der Waals surface area contributed by atoms with E-state index in [0.717, 1.165) is 6.92 Å². The van der Waals surface area contributed by atoms with Crippen molar-refractivity contribution in [3.63, 3.8) is 0 Å². The lowest BCUT2D eigenvalue weighted by molar-refractivity contribution is -0.137. The summed E-state index contributed by atoms with van der Waals surface area (Å²) in [4.78, 5) is -1.01. The first kappa shape index (κ1) is 16.6. The summed E-state index contributed by atoms with van der Waals surface area (Å²) in [6, 6.07) is -0.753. The Morgan fingerprint density at radius 2 is 1.80 bits per heavy atom. The van der Waals surface area contributed by atoms with E-state index in [4.69, 9.17) is 5.73 Å². The number of alkyl halides is 3. The first-order valence-electron chi connectivity index (χ1n) is 5.26. The van der Waals surface area contributed by atoms with Crippen LogP contribution in [0.25, 0.3) is 0 Å². The lowest BCUT2D eigenvalue weighted by Crippen LogP contribution is -2.36. The summed E-state index contributed by atoms with van der Waals surface area (Å²) in [6.07, 6.45) is -6.01. The Kier molecular flexibility index (Phi) is 4.59. The van der Waals surface area contributed by atoms with Gasteiger partial charge in [0.1, 0.15) is 16.5 Å². The average molecular weight is 318 g/mol. The number of hydrogen-bond acceptors (Lipinski definition) is 3. The molecule has 0 spiro atoms. The summed E-state index contributed by atoms with van der Waals surface area (Å²) >= 11 is 0. The number of hydrogen-bond donors (Lipinski definition) is 2. The minimum atomic E-state index is -4.58. The third-order valence-electron chi connectivity index (χ3n) is 2.23. The first-order valence-corrected chi connectivity index (χ1v) is 6.74. The molecule has 10 heteroatoms. The van der Waals surface area contributed by atoms with E-state index in [1.54, 1.807) is 4.72 Å². The molecule has 20 heavy (non-hydrogen) atoms. The van der Waals surface area contributed by atoms with Crippen molar-refractivity contribution in [1.29, 1.82) is 0 Å². The predicted octanol–water partition coefficient (Wildman–Crippen LogP) is 2.17. The molecule has 1 unspecified atom stereocenters. The summed E-state index contributed by atoms with van der Waals surface area (Å²) in [5.74, 6) is -2.60. The predicted molar refractivity (Wildman–Crippen MR) is 61.2 cm³/mol. The maximum absolute atomic E-state index is 13.4. The highest BCUT2D eigenvalue weighted by Gasteiger charge is 2.32. The van der Waals surface area contributed by atoms with Crippen molar-refractivity contribution in [2.24, 2.45) is 0 Å². The van der Waals surface area contributed by atoms with E-state index < -0.39 is 50.9 Å². The highest BCUT2D eigenvalue weighted by molar-refractivity contribution is 7.89. The highest BCUT2D eigenvalue weighted by atomic mass is 32.2. The van der Waals surface area contributed by atoms with Crippen molar-refractivity contribution in [3.05, 3.63) is 23.8 Å². The van der Waals surface area contributed by atoms with Crippen LogP contribution in [0.4, 0.5) is 27.6 Å². The molecule has 0 fully saturated rings. The second-order valence-electron chi connectivity index (χ2n) is 4.15. The average Bonchev–Trinajstić information content (AvgIpc) is 2.19. The summed E-state index contributed by atoms with van der Waals surface area (Å²) < 4.78 is 87.7. The van der Waals surface area contributed by atoms with Gasteiger partial charge >= 0.3 is 6.18 Å². The molecule has 0 bridgehead atoms. The SMILES string of the molecule is CC(CC(F)(F)F)NS(=O)(=O)c1cc(N)c(F)cc1F. The number of anilines is 1. The van der Waals surface area contributed by atoms with Gasteiger partial charge in [-0.25, -0.2) is 21.9 Å². The zero-order valence-corrected chi connectivity index (χ0v) is 10.9. The lowest BCUT2D eigenvalue weighted by Gasteiger charge is -2.16. The third-order valence-corrected chi connectivity index (χ3v) is 3.84. The van der Waals surface area contributed by atoms with E-state index in [1.165, 1.54) is 0 Å². The Balaban J connectivity index is 3.03. The molecule has 1 aromatic rings. The molecule has 0 aromatic heterocycles. The van der Waals surface area contributed by atoms with E-state index in [0.29, 0.717) is 6.07 Å². The number of nitrogens with two attached hydrogens (primary N) is 1. The Morgan fingerprint density at radius 1 is 1.25 bits per heavy atom. The molecule has 0 saturated heterocycles. The largest absolute Gasteiger partial charge is 0.396 e. The molecule has 0 heterocycles. The molecule has 0 amide bonds. The van der Waals surface area contributed by atoms with Gasteiger partial charge in [-0.05, 0) is 13.0 Å². The molecule has 4 nitrogen and oxygen atoms in total. The number of nitrogens with one attached hydrogen (secondary N) is 1. The molecule has 0 saturated carbocycles. The molecule has 0 aliphatic carbocycles. The van der Waals surface area contributed by atoms with Crippen molar-refractivity contribution < 1.29 is 30.4 Å². The van der Waals surface area contributed by atoms with Gasteiger partial charge in [0.05, 0.1) is 12.1 Å². The van der Waals surface area contributed by atoms with Crippen LogP contribution in [-0.4, -0.2) is 20.6 Å². The van der Waals surface area contributed by atoms with Gasteiger partial charge in [0.15, 0.2) is 0 Å². The van der Waals surface area contributed by atoms with Crippen LogP contribution in [0.15, 0.2) is 17.0 Å². The van der Waals surface area contributed by atoms with E-state index in [2.05, 4.69) is 0 Å². The first-order chi connectivity index (χ1) is 8.92. The molecule has 1 aromatic carbocycles. The fourth-order valence-electron chi connectivity index (χ4n) is 1.47. The lowest BCUT2D eigenvalue weighted by atomic mass is 10.2. The second kappa shape index (κ2) is 5.52. The van der Waals surface area contributed by atoms with Crippen LogP contribution in [0, 0.1) is 11.6 Å². The maximum Gasteiger partial charge on any atom is 0.390 e. The fourth-order valence-corrected chi connectivity index (χ4v) is 2.81. The minimum Gasteiger partial charge on any atom is -0.396 e. The van der Waals surface area contributed by atoms with Crippen molar-refractivity contribution in [2.75, 3.05) is 5.73 Å². The van der Waals surface area contributed by atoms with E-state index in [9.17, 15) is 30.4 Å². The van der Waals surface area contributed by atoms with Crippen LogP contribution in [0.3, 0.4) is 0 Å². The Morgan fingerprint density at radius 3 is 2.30 bits per heavy atom. The highest BCUT2D eigenvalue weighted by Crippen LogP contribution is 2.24. The van der Waals surface area contributed by atoms with Crippen LogP contribution in [0.2, 0.25) is 0 Å². The van der Waals surface area contributed by atoms with Gasteiger partial charge in [0, 0.05) is 12.1 Å². The number of nitrogen functional groups attached to an aromatic ring is 1. The Bertz CT molecular complexity index is 600. The number of halogens is 5. The molecule has 114 valence electrons. The van der Waals surface area contributed by atoms with Crippen molar-refractivity contribution >= 4 is 15.7 Å². The molecule has 0 aliphatic heterocycles. The number of rotatable bonds is 4. The van der Waals surface area contributed by atoms with Gasteiger partial charge in [-0.2, -0.15) is 13.2 Å². The molecule has 1 rings (SSSR count). The Labute approximate surface area is 111 Å².